The average Bonchev–Trinajstić information content (AvgIpc) is 2.48. The van der Waals surface area contributed by atoms with Gasteiger partial charge in [0.05, 0.1) is 5.69 Å². The van der Waals surface area contributed by atoms with Gasteiger partial charge in [0.25, 0.3) is 0 Å². The molecule has 1 atom stereocenters. The Morgan fingerprint density at radius 2 is 2.10 bits per heavy atom. The molecule has 2 rings (SSSR count). The summed E-state index contributed by atoms with van der Waals surface area (Å²) in [6.07, 6.45) is 4.63. The highest BCUT2D eigenvalue weighted by Gasteiger charge is 2.33. The van der Waals surface area contributed by atoms with Gasteiger partial charge in [-0.15, -0.1) is 10.4 Å². The van der Waals surface area contributed by atoms with Crippen molar-refractivity contribution in [1.29, 1.82) is 0 Å². The molecule has 0 bridgehead atoms. The van der Waals surface area contributed by atoms with Crippen molar-refractivity contribution in [1.82, 2.24) is 0 Å². The third-order valence-corrected chi connectivity index (χ3v) is 4.11. The molecule has 0 amide bonds. The molecule has 0 saturated heterocycles. The van der Waals surface area contributed by atoms with Gasteiger partial charge >= 0.3 is 0 Å². The Labute approximate surface area is 127 Å². The van der Waals surface area contributed by atoms with E-state index in [0.717, 1.165) is 28.8 Å². The van der Waals surface area contributed by atoms with E-state index in [1.807, 2.05) is 45.1 Å². The second-order valence-electron chi connectivity index (χ2n) is 5.89. The third kappa shape index (κ3) is 2.89. The predicted octanol–water partition coefficient (Wildman–Crippen LogP) is 4.34. The van der Waals surface area contributed by atoms with Crippen LogP contribution in [0.3, 0.4) is 0 Å². The Balaban J connectivity index is 2.56. The van der Waals surface area contributed by atoms with E-state index in [1.165, 1.54) is 0 Å². The number of hydrogen-bond acceptors (Lipinski definition) is 3. The molecule has 1 aromatic rings. The maximum Gasteiger partial charge on any atom is 0.119 e. The molecule has 0 heterocycles. The summed E-state index contributed by atoms with van der Waals surface area (Å²) in [5, 5.41) is 3.29. The van der Waals surface area contributed by atoms with Crippen molar-refractivity contribution in [2.24, 2.45) is 10.2 Å². The lowest BCUT2D eigenvalue weighted by molar-refractivity contribution is 0.547. The van der Waals surface area contributed by atoms with Gasteiger partial charge in [0.1, 0.15) is 13.4 Å². The lowest BCUT2D eigenvalue weighted by Gasteiger charge is -2.32. The Morgan fingerprint density at radius 3 is 2.71 bits per heavy atom. The molecule has 106 valence electrons. The summed E-state index contributed by atoms with van der Waals surface area (Å²) in [5.74, 6) is 0.0895. The fourth-order valence-electron chi connectivity index (χ4n) is 2.86. The number of rotatable bonds is 4. The maximum atomic E-state index is 11.2. The molecule has 4 heteroatoms. The van der Waals surface area contributed by atoms with Gasteiger partial charge in [-0.05, 0) is 56.7 Å². The number of nitroso groups, excluding NO2 is 1. The van der Waals surface area contributed by atoms with Crippen molar-refractivity contribution in [2.45, 2.75) is 38.6 Å². The number of benzene rings is 1. The van der Waals surface area contributed by atoms with E-state index in [9.17, 15) is 4.91 Å². The van der Waals surface area contributed by atoms with E-state index in [2.05, 4.69) is 23.0 Å². The lowest BCUT2D eigenvalue weighted by atomic mass is 9.71. The zero-order valence-electron chi connectivity index (χ0n) is 12.8. The van der Waals surface area contributed by atoms with Gasteiger partial charge in [-0.2, -0.15) is 0 Å². The van der Waals surface area contributed by atoms with Gasteiger partial charge in [-0.1, -0.05) is 29.5 Å². The van der Waals surface area contributed by atoms with Gasteiger partial charge in [0.15, 0.2) is 0 Å². The van der Waals surface area contributed by atoms with E-state index in [-0.39, 0.29) is 5.92 Å². The molecule has 0 N–H and O–H groups in total. The molecular formula is C17H19BN2O. The Kier molecular flexibility index (Phi) is 4.26. The standard InChI is InChI=1S/C17H19BN2O/c1-11-13(6-5-7-16(11)19-4)14-9-8-12(18)10-15(14)17(2,3)20-21/h5-8,10,14H,4,9H2,1-3H3. The van der Waals surface area contributed by atoms with Crippen LogP contribution in [0.5, 0.6) is 0 Å². The fourth-order valence-corrected chi connectivity index (χ4v) is 2.86. The van der Waals surface area contributed by atoms with Crippen molar-refractivity contribution in [2.75, 3.05) is 0 Å². The first-order valence-corrected chi connectivity index (χ1v) is 6.99. The van der Waals surface area contributed by atoms with Crippen LogP contribution >= 0.6 is 0 Å². The largest absolute Gasteiger partial charge is 0.264 e. The van der Waals surface area contributed by atoms with Crippen LogP contribution in [0.25, 0.3) is 0 Å². The zero-order valence-corrected chi connectivity index (χ0v) is 12.8. The summed E-state index contributed by atoms with van der Waals surface area (Å²) in [4.78, 5) is 15.3. The summed E-state index contributed by atoms with van der Waals surface area (Å²) in [6.45, 7) is 9.28. The Hall–Kier alpha value is -1.97. The minimum Gasteiger partial charge on any atom is -0.264 e. The quantitative estimate of drug-likeness (QED) is 0.459. The molecule has 1 aliphatic rings. The summed E-state index contributed by atoms with van der Waals surface area (Å²) < 4.78 is 0. The van der Waals surface area contributed by atoms with Crippen LogP contribution in [-0.4, -0.2) is 20.1 Å². The number of aliphatic imine (C=N–C) groups is 1. The number of hydrogen-bond donors (Lipinski definition) is 0. The lowest BCUT2D eigenvalue weighted by Crippen LogP contribution is -2.26. The van der Waals surface area contributed by atoms with Gasteiger partial charge in [-0.3, -0.25) is 4.99 Å². The normalized spacial score (nSPS) is 18.7. The molecule has 2 radical (unpaired) electrons. The smallest absolute Gasteiger partial charge is 0.119 e. The van der Waals surface area contributed by atoms with Gasteiger partial charge in [0, 0.05) is 5.92 Å². The van der Waals surface area contributed by atoms with E-state index in [0.29, 0.717) is 5.47 Å². The molecule has 0 saturated carbocycles. The molecule has 1 unspecified atom stereocenters. The van der Waals surface area contributed by atoms with Gasteiger partial charge in [0.2, 0.25) is 0 Å². The second kappa shape index (κ2) is 5.80. The minimum atomic E-state index is -0.784. The first-order chi connectivity index (χ1) is 9.90. The Bertz CT molecular complexity index is 644. The van der Waals surface area contributed by atoms with Crippen LogP contribution in [0.2, 0.25) is 0 Å². The highest BCUT2D eigenvalue weighted by Crippen LogP contribution is 2.42. The van der Waals surface area contributed by atoms with E-state index >= 15 is 0 Å². The van der Waals surface area contributed by atoms with E-state index < -0.39 is 5.54 Å². The fraction of sp³-hybridized carbons (Fsp3) is 0.353. The molecule has 1 aliphatic carbocycles. The first-order valence-electron chi connectivity index (χ1n) is 6.99. The summed E-state index contributed by atoms with van der Waals surface area (Å²) in [6, 6.07) is 5.97. The molecular weight excluding hydrogens is 259 g/mol. The minimum absolute atomic E-state index is 0.0895. The maximum absolute atomic E-state index is 11.2. The van der Waals surface area contributed by atoms with Crippen LogP contribution in [-0.2, 0) is 0 Å². The second-order valence-corrected chi connectivity index (χ2v) is 5.89. The summed E-state index contributed by atoms with van der Waals surface area (Å²) in [7, 11) is 5.92. The van der Waals surface area contributed by atoms with E-state index in [4.69, 9.17) is 7.85 Å². The first kappa shape index (κ1) is 15.4. The molecule has 21 heavy (non-hydrogen) atoms. The van der Waals surface area contributed by atoms with Crippen molar-refractivity contribution in [3.8, 4) is 0 Å². The van der Waals surface area contributed by atoms with Crippen molar-refractivity contribution < 1.29 is 0 Å². The number of allylic oxidation sites excluding steroid dienone is 3. The highest BCUT2D eigenvalue weighted by molar-refractivity contribution is 6.23. The zero-order chi connectivity index (χ0) is 15.6. The third-order valence-electron chi connectivity index (χ3n) is 4.11. The molecule has 1 aromatic carbocycles. The van der Waals surface area contributed by atoms with Crippen molar-refractivity contribution in [3.63, 3.8) is 0 Å². The molecule has 0 aliphatic heterocycles. The summed E-state index contributed by atoms with van der Waals surface area (Å²) in [5.41, 5.74) is 3.94. The van der Waals surface area contributed by atoms with Crippen LogP contribution in [0.15, 0.2) is 51.6 Å². The predicted molar refractivity (Wildman–Crippen MR) is 89.5 cm³/mol. The van der Waals surface area contributed by atoms with E-state index in [1.54, 1.807) is 0 Å². The Morgan fingerprint density at radius 1 is 1.38 bits per heavy atom. The summed E-state index contributed by atoms with van der Waals surface area (Å²) >= 11 is 0. The van der Waals surface area contributed by atoms with Crippen LogP contribution in [0.1, 0.15) is 37.3 Å². The molecule has 0 aromatic heterocycles. The average molecular weight is 278 g/mol. The molecule has 3 nitrogen and oxygen atoms in total. The van der Waals surface area contributed by atoms with Crippen LogP contribution in [0, 0.1) is 11.8 Å². The van der Waals surface area contributed by atoms with Crippen molar-refractivity contribution >= 4 is 20.3 Å². The van der Waals surface area contributed by atoms with Crippen LogP contribution < -0.4 is 0 Å². The highest BCUT2D eigenvalue weighted by atomic mass is 16.3. The topological polar surface area (TPSA) is 41.8 Å². The van der Waals surface area contributed by atoms with Gasteiger partial charge in [-0.25, -0.2) is 0 Å². The van der Waals surface area contributed by atoms with Crippen molar-refractivity contribution in [3.05, 3.63) is 57.4 Å². The van der Waals surface area contributed by atoms with Gasteiger partial charge < -0.3 is 0 Å². The number of nitrogens with zero attached hydrogens (tertiary/aromatic N) is 2. The molecule has 0 spiro atoms. The molecule has 0 fully saturated rings. The monoisotopic (exact) mass is 278 g/mol. The van der Waals surface area contributed by atoms with Crippen LogP contribution in [0.4, 0.5) is 5.69 Å². The SMILES string of the molecule is [B]C1=CCC(c2cccc(N=C)c2C)C(C(C)(C)N=O)=C1.